The highest BCUT2D eigenvalue weighted by molar-refractivity contribution is 6.43. The Morgan fingerprint density at radius 2 is 0.667 bits per heavy atom. The molecule has 0 radical (unpaired) electrons. The molecule has 22 nitrogen and oxygen atoms in total. The van der Waals surface area contributed by atoms with Crippen LogP contribution in [-0.4, -0.2) is 116 Å². The molecule has 0 spiro atoms. The largest absolute Gasteiger partial charge is 0.459 e. The first-order chi connectivity index (χ1) is 57.7. The van der Waals surface area contributed by atoms with Gasteiger partial charge in [0.25, 0.3) is 23.6 Å². The van der Waals surface area contributed by atoms with Crippen molar-refractivity contribution in [3.63, 3.8) is 0 Å². The molecule has 123 heavy (non-hydrogen) atoms. The average Bonchev–Trinajstić information content (AvgIpc) is 0.997. The van der Waals surface area contributed by atoms with Crippen LogP contribution >= 0.6 is 34.8 Å². The number of halogens is 12. The van der Waals surface area contributed by atoms with E-state index in [1.807, 2.05) is 12.1 Å². The van der Waals surface area contributed by atoms with E-state index in [2.05, 4.69) is 20.2 Å². The normalized spacial score (nSPS) is 11.3. The number of aromatic nitrogens is 4. The molecule has 0 aliphatic heterocycles. The number of esters is 4. The van der Waals surface area contributed by atoms with Crippen molar-refractivity contribution in [2.24, 2.45) is 0 Å². The second-order valence-corrected chi connectivity index (χ2v) is 32.0. The molecule has 12 rings (SSSR count). The molecule has 0 saturated carbocycles. The molecular formula is C89H78Cl3F9N8O14. The molecule has 9 aromatic carbocycles. The second kappa shape index (κ2) is 40.0. The van der Waals surface area contributed by atoms with Crippen molar-refractivity contribution < 1.29 is 106 Å². The minimum Gasteiger partial charge on any atom is -0.459 e. The number of nitrogens with one attached hydrogen (secondary N) is 1. The van der Waals surface area contributed by atoms with Crippen molar-refractivity contribution in [1.82, 2.24) is 20.2 Å². The summed E-state index contributed by atoms with van der Waals surface area (Å²) in [5.74, 6) is -17.8. The minimum absolute atomic E-state index is 0.0290. The van der Waals surface area contributed by atoms with Crippen molar-refractivity contribution in [2.45, 2.75) is 105 Å². The van der Waals surface area contributed by atoms with Gasteiger partial charge in [-0.05, 0) is 161 Å². The number of amides is 4. The standard InChI is InChI=1S/C23H20F3NO3.C22H19Cl3N2O4.C22H20F3N3O3.C22H19F3N2O4/c1-23(2,3)30-20(28)13-27(17-9-8-14-6-4-5-7-15(14)10-17)22(29)21-18(25)11-16(24)12-19(21)26;1-22(2,3)31-19(28)11-27(21(29)20-16(24)8-14(23)9-17(20)25)15-6-4-5-13(7-15)18-10-26-12-30-18;1-22(2,3)31-19(29)12-28(21(30)20-16(24)10-14(23)11-17(20)25)15-6-4-5-13(9-15)18-7-8-26-27-18;1-22(2,3)31-19(28)11-27(21(29)20-16(24)8-14(23)9-17(20)25)15-6-4-5-13(7-15)18-10-26-12-30-18/h4-12H,13H2,1-3H3;4-10,12H,11H2,1-3H3;4-11H,12H2,1-3H3,(H,26,27);4-10,12H,11H2,1-3H3. The van der Waals surface area contributed by atoms with E-state index in [9.17, 15) is 77.9 Å². The quantitative estimate of drug-likeness (QED) is 0.0448. The average molecular weight is 1760 g/mol. The number of H-pyrrole nitrogens is 1. The first-order valence-corrected chi connectivity index (χ1v) is 38.1. The van der Waals surface area contributed by atoms with Gasteiger partial charge in [-0.25, -0.2) is 49.5 Å². The van der Waals surface area contributed by atoms with Gasteiger partial charge in [-0.1, -0.05) is 102 Å². The zero-order valence-corrected chi connectivity index (χ0v) is 70.0. The summed E-state index contributed by atoms with van der Waals surface area (Å²) in [7, 11) is 0. The Kier molecular flexibility index (Phi) is 30.5. The van der Waals surface area contributed by atoms with Crippen LogP contribution in [0.15, 0.2) is 210 Å². The van der Waals surface area contributed by atoms with Crippen LogP contribution in [0.3, 0.4) is 0 Å². The van der Waals surface area contributed by atoms with E-state index in [0.717, 1.165) is 25.5 Å². The lowest BCUT2D eigenvalue weighted by Gasteiger charge is -2.26. The number of hydrogen-bond donors (Lipinski definition) is 1. The van der Waals surface area contributed by atoms with Gasteiger partial charge in [-0.3, -0.25) is 63.1 Å². The number of benzene rings is 9. The Bertz CT molecular complexity index is 5370. The maximum Gasteiger partial charge on any atom is 0.326 e. The minimum atomic E-state index is -1.39. The second-order valence-electron chi connectivity index (χ2n) is 30.8. The molecule has 0 aliphatic carbocycles. The maximum absolute atomic E-state index is 14.3. The number of carbonyl (C=O) groups excluding carboxylic acids is 8. The predicted octanol–water partition coefficient (Wildman–Crippen LogP) is 20.8. The highest BCUT2D eigenvalue weighted by Gasteiger charge is 2.35. The third-order valence-corrected chi connectivity index (χ3v) is 17.3. The number of rotatable bonds is 19. The molecule has 0 unspecified atom stereocenters. The summed E-state index contributed by atoms with van der Waals surface area (Å²) in [4.78, 5) is 114. The number of carbonyl (C=O) groups is 8. The molecule has 642 valence electrons. The highest BCUT2D eigenvalue weighted by Crippen LogP contribution is 2.36. The number of aromatic amines is 1. The summed E-state index contributed by atoms with van der Waals surface area (Å²) in [5.41, 5.74) is -2.68. The monoisotopic (exact) mass is 1760 g/mol. The van der Waals surface area contributed by atoms with E-state index in [0.29, 0.717) is 76.0 Å². The maximum atomic E-state index is 14.3. The smallest absolute Gasteiger partial charge is 0.326 e. The van der Waals surface area contributed by atoms with Gasteiger partial charge in [0.05, 0.1) is 33.7 Å². The molecule has 0 fully saturated rings. The summed E-state index contributed by atoms with van der Waals surface area (Å²) >= 11 is 18.5. The van der Waals surface area contributed by atoms with Gasteiger partial charge in [0, 0.05) is 87.1 Å². The lowest BCUT2D eigenvalue weighted by molar-refractivity contribution is -0.154. The molecule has 1 N–H and O–H groups in total. The lowest BCUT2D eigenvalue weighted by atomic mass is 10.1. The molecular weight excluding hydrogens is 1680 g/mol. The van der Waals surface area contributed by atoms with Crippen LogP contribution in [0, 0.1) is 52.4 Å². The van der Waals surface area contributed by atoms with Gasteiger partial charge in [-0.15, -0.1) is 0 Å². The van der Waals surface area contributed by atoms with Crippen LogP contribution in [0.1, 0.15) is 125 Å². The van der Waals surface area contributed by atoms with Crippen molar-refractivity contribution in [3.8, 4) is 33.9 Å². The topological polar surface area (TPSA) is 267 Å². The van der Waals surface area contributed by atoms with Crippen LogP contribution in [-0.2, 0) is 38.1 Å². The van der Waals surface area contributed by atoms with E-state index in [1.165, 1.54) is 60.4 Å². The van der Waals surface area contributed by atoms with Gasteiger partial charge >= 0.3 is 23.9 Å². The van der Waals surface area contributed by atoms with E-state index in [4.69, 9.17) is 62.6 Å². The summed E-state index contributed by atoms with van der Waals surface area (Å²) in [6.07, 6.45) is 7.05. The van der Waals surface area contributed by atoms with Gasteiger partial charge in [0.2, 0.25) is 0 Å². The zero-order chi connectivity index (χ0) is 90.3. The highest BCUT2D eigenvalue weighted by atomic mass is 35.5. The SMILES string of the molecule is CC(C)(C)OC(=O)CN(C(=O)c1c(Cl)cc(Cl)cc1Cl)c1cccc(-c2cnco2)c1.CC(C)(C)OC(=O)CN(C(=O)c1c(F)cc(F)cc1F)c1ccc2ccccc2c1.CC(C)(C)OC(=O)CN(C(=O)c1c(F)cc(F)cc1F)c1cccc(-c2ccn[nH]2)c1.CC(C)(C)OC(=O)CN(C(=O)c1c(F)cc(F)cc1F)c1cccc(-c2cnco2)c1. The fourth-order valence-corrected chi connectivity index (χ4v) is 12.6. The van der Waals surface area contributed by atoms with Gasteiger partial charge in [-0.2, -0.15) is 5.10 Å². The van der Waals surface area contributed by atoms with Crippen LogP contribution in [0.25, 0.3) is 44.7 Å². The molecule has 0 bridgehead atoms. The van der Waals surface area contributed by atoms with Crippen molar-refractivity contribution >= 4 is 116 Å². The molecule has 34 heteroatoms. The fraction of sp³-hybridized carbons (Fsp3) is 0.225. The summed E-state index contributed by atoms with van der Waals surface area (Å²) in [6, 6.07) is 38.7. The zero-order valence-electron chi connectivity index (χ0n) is 67.8. The molecule has 0 aliphatic rings. The van der Waals surface area contributed by atoms with Gasteiger partial charge in [0.1, 0.15) is 118 Å². The Morgan fingerprint density at radius 1 is 0.358 bits per heavy atom. The number of nitrogens with zero attached hydrogens (tertiary/aromatic N) is 7. The number of hydrogen-bond acceptors (Lipinski definition) is 17. The third-order valence-electron chi connectivity index (χ3n) is 16.5. The first-order valence-electron chi connectivity index (χ1n) is 37.0. The lowest BCUT2D eigenvalue weighted by Crippen LogP contribution is -2.39. The Labute approximate surface area is 714 Å². The van der Waals surface area contributed by atoms with Crippen molar-refractivity contribution in [1.29, 1.82) is 0 Å². The number of anilines is 4. The van der Waals surface area contributed by atoms with E-state index < -0.39 is 159 Å². The first kappa shape index (κ1) is 93.7. The molecule has 0 saturated heterocycles. The Balaban J connectivity index is 0.000000186. The molecule has 3 aromatic heterocycles. The summed E-state index contributed by atoms with van der Waals surface area (Å²) < 4.78 is 157. The molecule has 3 heterocycles. The van der Waals surface area contributed by atoms with Gasteiger partial charge < -0.3 is 27.8 Å². The molecule has 0 atom stereocenters. The van der Waals surface area contributed by atoms with Crippen molar-refractivity contribution in [2.75, 3.05) is 45.8 Å². The molecule has 12 aromatic rings. The number of ether oxygens (including phenoxy) is 4. The Morgan fingerprint density at radius 3 is 0.976 bits per heavy atom. The number of fused-ring (bicyclic) bond motifs is 1. The summed E-state index contributed by atoms with van der Waals surface area (Å²) in [6.45, 7) is 17.9. The van der Waals surface area contributed by atoms with Crippen LogP contribution < -0.4 is 19.6 Å². The Hall–Kier alpha value is -13.1. The van der Waals surface area contributed by atoms with E-state index in [1.54, 1.807) is 180 Å². The van der Waals surface area contributed by atoms with Crippen LogP contribution in [0.4, 0.5) is 62.3 Å². The molecule has 4 amide bonds. The van der Waals surface area contributed by atoms with Crippen molar-refractivity contribution in [3.05, 3.63) is 291 Å². The predicted molar refractivity (Wildman–Crippen MR) is 442 cm³/mol. The summed E-state index contributed by atoms with van der Waals surface area (Å²) in [5, 5.41) is 8.71. The van der Waals surface area contributed by atoms with Crippen LogP contribution in [0.2, 0.25) is 15.1 Å². The fourth-order valence-electron chi connectivity index (χ4n) is 11.6. The third kappa shape index (κ3) is 26.2. The van der Waals surface area contributed by atoms with E-state index in [-0.39, 0.29) is 44.2 Å². The van der Waals surface area contributed by atoms with E-state index >= 15 is 0 Å². The van der Waals surface area contributed by atoms with Gasteiger partial charge in [0.15, 0.2) is 24.3 Å². The number of oxazole rings is 2. The van der Waals surface area contributed by atoms with Crippen LogP contribution in [0.5, 0.6) is 0 Å².